The van der Waals surface area contributed by atoms with Crippen LogP contribution in [0.3, 0.4) is 0 Å². The van der Waals surface area contributed by atoms with Crippen molar-refractivity contribution in [2.24, 2.45) is 0 Å². The number of aryl methyl sites for hydroxylation is 1. The summed E-state index contributed by atoms with van der Waals surface area (Å²) in [5, 5.41) is 1.00. The average molecular weight is 360 g/mol. The number of rotatable bonds is 2. The highest BCUT2D eigenvalue weighted by Gasteiger charge is 2.30. The standard InChI is InChI=1S/C22H20N2O3/c1-14-16-6-2-4-8-18(16)26-20(14)22(25)24-12-10-15(11-13-24)21-23-17-7-3-5-9-19(17)27-21/h2-9,15H,10-13H2,1H3. The minimum absolute atomic E-state index is 0.0280. The van der Waals surface area contributed by atoms with E-state index >= 15 is 0 Å². The number of benzene rings is 2. The summed E-state index contributed by atoms with van der Waals surface area (Å²) in [4.78, 5) is 19.5. The van der Waals surface area contributed by atoms with Crippen molar-refractivity contribution in [1.82, 2.24) is 9.88 Å². The zero-order chi connectivity index (χ0) is 18.4. The van der Waals surface area contributed by atoms with E-state index in [9.17, 15) is 4.79 Å². The number of nitrogens with zero attached hydrogens (tertiary/aromatic N) is 2. The first kappa shape index (κ1) is 16.1. The molecule has 0 N–H and O–H groups in total. The Kier molecular flexibility index (Phi) is 3.74. The van der Waals surface area contributed by atoms with E-state index in [2.05, 4.69) is 4.98 Å². The fraction of sp³-hybridized carbons (Fsp3) is 0.273. The van der Waals surface area contributed by atoms with Gasteiger partial charge >= 0.3 is 0 Å². The maximum atomic E-state index is 13.0. The molecule has 1 fully saturated rings. The first-order chi connectivity index (χ1) is 13.2. The Hall–Kier alpha value is -3.08. The number of para-hydroxylation sites is 3. The summed E-state index contributed by atoms with van der Waals surface area (Å²) in [6.45, 7) is 3.31. The predicted octanol–water partition coefficient (Wildman–Crippen LogP) is 4.90. The van der Waals surface area contributed by atoms with Crippen molar-refractivity contribution in [2.75, 3.05) is 13.1 Å². The lowest BCUT2D eigenvalue weighted by Crippen LogP contribution is -2.38. The molecule has 1 saturated heterocycles. The molecule has 27 heavy (non-hydrogen) atoms. The van der Waals surface area contributed by atoms with Crippen LogP contribution in [-0.4, -0.2) is 28.9 Å². The molecule has 2 aromatic carbocycles. The lowest BCUT2D eigenvalue weighted by Gasteiger charge is -2.30. The third kappa shape index (κ3) is 2.70. The summed E-state index contributed by atoms with van der Waals surface area (Å²) in [6, 6.07) is 15.6. The number of carbonyl (C=O) groups is 1. The number of hydrogen-bond donors (Lipinski definition) is 0. The lowest BCUT2D eigenvalue weighted by atomic mass is 9.96. The smallest absolute Gasteiger partial charge is 0.289 e. The van der Waals surface area contributed by atoms with Crippen molar-refractivity contribution in [1.29, 1.82) is 0 Å². The van der Waals surface area contributed by atoms with Crippen molar-refractivity contribution < 1.29 is 13.6 Å². The van der Waals surface area contributed by atoms with Gasteiger partial charge in [-0.1, -0.05) is 30.3 Å². The van der Waals surface area contributed by atoms with Gasteiger partial charge in [0.1, 0.15) is 11.1 Å². The Morgan fingerprint density at radius 1 is 1.00 bits per heavy atom. The third-order valence-corrected chi connectivity index (χ3v) is 5.48. The number of aromatic nitrogens is 1. The van der Waals surface area contributed by atoms with E-state index in [1.165, 1.54) is 0 Å². The molecule has 2 aromatic heterocycles. The molecule has 0 saturated carbocycles. The Morgan fingerprint density at radius 3 is 2.44 bits per heavy atom. The molecule has 0 radical (unpaired) electrons. The highest BCUT2D eigenvalue weighted by atomic mass is 16.4. The van der Waals surface area contributed by atoms with Crippen molar-refractivity contribution in [3.8, 4) is 0 Å². The molecule has 0 atom stereocenters. The van der Waals surface area contributed by atoms with Gasteiger partial charge in [-0.25, -0.2) is 4.98 Å². The zero-order valence-electron chi connectivity index (χ0n) is 15.1. The second kappa shape index (κ2) is 6.27. The molecule has 4 aromatic rings. The van der Waals surface area contributed by atoms with E-state index in [0.717, 1.165) is 46.4 Å². The summed E-state index contributed by atoms with van der Waals surface area (Å²) in [7, 11) is 0. The second-order valence-electron chi connectivity index (χ2n) is 7.14. The monoisotopic (exact) mass is 360 g/mol. The highest BCUT2D eigenvalue weighted by Crippen LogP contribution is 2.32. The van der Waals surface area contributed by atoms with Gasteiger partial charge in [0.25, 0.3) is 5.91 Å². The SMILES string of the molecule is Cc1c(C(=O)N2CCC(c3nc4ccccc4o3)CC2)oc2ccccc12. The fourth-order valence-electron chi connectivity index (χ4n) is 3.92. The van der Waals surface area contributed by atoms with Crippen molar-refractivity contribution >= 4 is 28.0 Å². The first-order valence-electron chi connectivity index (χ1n) is 9.33. The number of oxazole rings is 1. The fourth-order valence-corrected chi connectivity index (χ4v) is 3.92. The Labute approximate surface area is 156 Å². The Balaban J connectivity index is 1.33. The Morgan fingerprint density at radius 2 is 1.70 bits per heavy atom. The molecule has 1 aliphatic rings. The minimum atomic E-state index is -0.0280. The molecular formula is C22H20N2O3. The minimum Gasteiger partial charge on any atom is -0.451 e. The molecular weight excluding hydrogens is 340 g/mol. The highest BCUT2D eigenvalue weighted by molar-refractivity contribution is 5.99. The van der Waals surface area contributed by atoms with Crippen LogP contribution in [0.25, 0.3) is 22.1 Å². The van der Waals surface area contributed by atoms with Crippen molar-refractivity contribution in [3.05, 3.63) is 65.7 Å². The molecule has 0 unspecified atom stereocenters. The van der Waals surface area contributed by atoms with Gasteiger partial charge in [0, 0.05) is 30.0 Å². The van der Waals surface area contributed by atoms with E-state index in [1.807, 2.05) is 60.4 Å². The topological polar surface area (TPSA) is 59.5 Å². The number of hydrogen-bond acceptors (Lipinski definition) is 4. The predicted molar refractivity (Wildman–Crippen MR) is 103 cm³/mol. The van der Waals surface area contributed by atoms with Crippen LogP contribution in [0.4, 0.5) is 0 Å². The molecule has 136 valence electrons. The summed E-state index contributed by atoms with van der Waals surface area (Å²) in [5.41, 5.74) is 3.39. The van der Waals surface area contributed by atoms with Gasteiger partial charge in [-0.05, 0) is 38.0 Å². The van der Waals surface area contributed by atoms with Gasteiger partial charge in [0.2, 0.25) is 0 Å². The number of fused-ring (bicyclic) bond motifs is 2. The van der Waals surface area contributed by atoms with Gasteiger partial charge in [0.15, 0.2) is 17.2 Å². The number of furan rings is 1. The summed E-state index contributed by atoms with van der Waals surface area (Å²) in [6.07, 6.45) is 1.69. The normalized spacial score (nSPS) is 15.7. The molecule has 0 bridgehead atoms. The van der Waals surface area contributed by atoms with Gasteiger partial charge < -0.3 is 13.7 Å². The van der Waals surface area contributed by atoms with Gasteiger partial charge in [-0.15, -0.1) is 0 Å². The molecule has 5 nitrogen and oxygen atoms in total. The molecule has 5 rings (SSSR count). The zero-order valence-corrected chi connectivity index (χ0v) is 15.1. The molecule has 1 aliphatic heterocycles. The van der Waals surface area contributed by atoms with Crippen LogP contribution in [0.5, 0.6) is 0 Å². The van der Waals surface area contributed by atoms with Crippen LogP contribution in [-0.2, 0) is 0 Å². The number of likely N-dealkylation sites (tertiary alicyclic amines) is 1. The van der Waals surface area contributed by atoms with Crippen LogP contribution in [0.2, 0.25) is 0 Å². The van der Waals surface area contributed by atoms with Crippen molar-refractivity contribution in [2.45, 2.75) is 25.7 Å². The number of piperidine rings is 1. The molecule has 0 spiro atoms. The van der Waals surface area contributed by atoms with Crippen LogP contribution < -0.4 is 0 Å². The molecule has 3 heterocycles. The van der Waals surface area contributed by atoms with Crippen LogP contribution >= 0.6 is 0 Å². The van der Waals surface area contributed by atoms with E-state index in [0.29, 0.717) is 18.8 Å². The number of amides is 1. The van der Waals surface area contributed by atoms with Gasteiger partial charge in [-0.3, -0.25) is 4.79 Å². The summed E-state index contributed by atoms with van der Waals surface area (Å²) < 4.78 is 11.8. The van der Waals surface area contributed by atoms with Gasteiger partial charge in [0.05, 0.1) is 0 Å². The largest absolute Gasteiger partial charge is 0.451 e. The van der Waals surface area contributed by atoms with Crippen LogP contribution in [0.1, 0.15) is 40.8 Å². The van der Waals surface area contributed by atoms with Crippen LogP contribution in [0, 0.1) is 6.92 Å². The van der Waals surface area contributed by atoms with Crippen molar-refractivity contribution in [3.63, 3.8) is 0 Å². The van der Waals surface area contributed by atoms with E-state index in [1.54, 1.807) is 0 Å². The van der Waals surface area contributed by atoms with Gasteiger partial charge in [-0.2, -0.15) is 0 Å². The lowest BCUT2D eigenvalue weighted by molar-refractivity contribution is 0.0676. The maximum Gasteiger partial charge on any atom is 0.289 e. The second-order valence-corrected chi connectivity index (χ2v) is 7.14. The summed E-state index contributed by atoms with van der Waals surface area (Å²) >= 11 is 0. The number of carbonyl (C=O) groups excluding carboxylic acids is 1. The summed E-state index contributed by atoms with van der Waals surface area (Å²) in [5.74, 6) is 1.46. The molecule has 1 amide bonds. The van der Waals surface area contributed by atoms with E-state index in [4.69, 9.17) is 8.83 Å². The average Bonchev–Trinajstić information content (AvgIpc) is 3.29. The van der Waals surface area contributed by atoms with Crippen LogP contribution in [0.15, 0.2) is 57.4 Å². The Bertz CT molecular complexity index is 1100. The quantitative estimate of drug-likeness (QED) is 0.510. The van der Waals surface area contributed by atoms with E-state index in [-0.39, 0.29) is 11.8 Å². The third-order valence-electron chi connectivity index (χ3n) is 5.48. The maximum absolute atomic E-state index is 13.0. The molecule has 0 aliphatic carbocycles. The van der Waals surface area contributed by atoms with E-state index < -0.39 is 0 Å². The first-order valence-corrected chi connectivity index (χ1v) is 9.33. The molecule has 5 heteroatoms.